The maximum Gasteiger partial charge on any atom is -1.00 e. The molecule has 190 valence electrons. The van der Waals surface area contributed by atoms with Crippen LogP contribution < -0.4 is 28.1 Å². The quantitative estimate of drug-likeness (QED) is 0.291. The first-order chi connectivity index (χ1) is 17.5. The Hall–Kier alpha value is -2.31. The van der Waals surface area contributed by atoms with Gasteiger partial charge in [0.2, 0.25) is 0 Å². The summed E-state index contributed by atoms with van der Waals surface area (Å²) in [6, 6.07) is 38.5. The van der Waals surface area contributed by atoms with Crippen molar-refractivity contribution in [3.63, 3.8) is 0 Å². The van der Waals surface area contributed by atoms with Gasteiger partial charge < -0.3 is 24.8 Å². The molecule has 0 saturated heterocycles. The van der Waals surface area contributed by atoms with E-state index in [4.69, 9.17) is 0 Å². The summed E-state index contributed by atoms with van der Waals surface area (Å²) in [5.74, 6) is 0. The molecule has 38 heavy (non-hydrogen) atoms. The fraction of sp³-hybridized carbons (Fsp3) is 0.171. The molecule has 4 aromatic carbocycles. The maximum atomic E-state index is 2.59. The van der Waals surface area contributed by atoms with Gasteiger partial charge >= 0.3 is 224 Å². The van der Waals surface area contributed by atoms with Crippen molar-refractivity contribution in [2.24, 2.45) is 5.41 Å². The van der Waals surface area contributed by atoms with E-state index in [1.807, 2.05) is 0 Å². The Balaban J connectivity index is 0.00000168. The fourth-order valence-corrected chi connectivity index (χ4v) is 13.7. The number of hydrogen-bond donors (Lipinski definition) is 0. The average molecular weight is 615 g/mol. The van der Waals surface area contributed by atoms with Gasteiger partial charge in [0.05, 0.1) is 0 Å². The van der Waals surface area contributed by atoms with E-state index in [0.717, 1.165) is 12.8 Å². The van der Waals surface area contributed by atoms with Crippen molar-refractivity contribution >= 4 is 6.48 Å². The van der Waals surface area contributed by atoms with Crippen LogP contribution in [0.1, 0.15) is 49.4 Å². The Morgan fingerprint density at radius 1 is 0.658 bits per heavy atom. The van der Waals surface area contributed by atoms with E-state index < -0.39 is 21.3 Å². The van der Waals surface area contributed by atoms with Gasteiger partial charge in [-0.3, -0.25) is 0 Å². The Bertz CT molecular complexity index is 1500. The Kier molecular flexibility index (Phi) is 8.94. The van der Waals surface area contributed by atoms with E-state index in [1.54, 1.807) is 15.3 Å². The number of rotatable bonds is 4. The third-order valence-electron chi connectivity index (χ3n) is 7.55. The van der Waals surface area contributed by atoms with Crippen LogP contribution >= 0.6 is 0 Å². The Labute approximate surface area is 247 Å². The number of hydrogen-bond acceptors (Lipinski definition) is 0. The maximum absolute atomic E-state index is 2.59. The van der Waals surface area contributed by atoms with E-state index in [1.165, 1.54) is 33.4 Å². The summed E-state index contributed by atoms with van der Waals surface area (Å²) >= 11 is -2.59. The molecule has 4 aromatic rings. The van der Waals surface area contributed by atoms with Crippen molar-refractivity contribution in [2.45, 2.75) is 33.6 Å². The van der Waals surface area contributed by atoms with Gasteiger partial charge in [-0.15, -0.1) is 0 Å². The normalized spacial score (nSPS) is 13.1. The van der Waals surface area contributed by atoms with Gasteiger partial charge in [0.15, 0.2) is 0 Å². The van der Waals surface area contributed by atoms with E-state index in [9.17, 15) is 0 Å². The number of halogens is 2. The second-order valence-corrected chi connectivity index (χ2v) is 16.9. The number of benzene rings is 4. The van der Waals surface area contributed by atoms with E-state index >= 15 is 0 Å². The van der Waals surface area contributed by atoms with Crippen molar-refractivity contribution in [1.82, 2.24) is 0 Å². The van der Waals surface area contributed by atoms with Gasteiger partial charge in [-0.1, -0.05) is 0 Å². The second-order valence-electron chi connectivity index (χ2n) is 10.9. The van der Waals surface area contributed by atoms with Gasteiger partial charge in [0.25, 0.3) is 0 Å². The first-order valence-corrected chi connectivity index (χ1v) is 16.7. The van der Waals surface area contributed by atoms with Crippen LogP contribution in [0.25, 0.3) is 11.1 Å². The minimum atomic E-state index is -2.59. The molecule has 0 aliphatic heterocycles. The molecule has 0 saturated carbocycles. The zero-order chi connectivity index (χ0) is 24.7. The van der Waals surface area contributed by atoms with Crippen molar-refractivity contribution in [3.05, 3.63) is 146 Å². The zero-order valence-electron chi connectivity index (χ0n) is 22.1. The molecule has 0 fully saturated rings. The standard InChI is InChI=1S/C13H9.C13H10.C9H13.2ClH.Zr/c1-3-7-12-10(5-1)9-11-6-2-4-8-13(11)12;1-3-7-12(8-4-1)11-13-9-5-2-6-10-13;1-9(2,3)8-6-4-5-7-8;;;/h1-5,7-8H,9H2;1-10H;6-7H,4H2,1-3H3;2*1H;/q;;;;;+2/p-2. The van der Waals surface area contributed by atoms with Crippen LogP contribution in [0.5, 0.6) is 0 Å². The van der Waals surface area contributed by atoms with Crippen molar-refractivity contribution < 1.29 is 46.1 Å². The van der Waals surface area contributed by atoms with Crippen molar-refractivity contribution in [1.29, 1.82) is 0 Å². The van der Waals surface area contributed by atoms with E-state index in [2.05, 4.69) is 136 Å². The third-order valence-corrected chi connectivity index (χ3v) is 15.1. The number of allylic oxidation sites excluding steroid dienone is 4. The first kappa shape index (κ1) is 28.7. The minimum absolute atomic E-state index is 0. The molecule has 0 amide bonds. The molecular formula is C35H32Cl2Zr. The molecule has 0 bridgehead atoms. The topological polar surface area (TPSA) is 0 Å². The predicted octanol–water partition coefficient (Wildman–Crippen LogP) is 2.04. The van der Waals surface area contributed by atoms with Crippen LogP contribution in [-0.2, 0) is 27.7 Å². The molecule has 0 heterocycles. The van der Waals surface area contributed by atoms with Crippen LogP contribution in [-0.4, -0.2) is 3.21 Å². The van der Waals surface area contributed by atoms with Gasteiger partial charge in [0, 0.05) is 0 Å². The zero-order valence-corrected chi connectivity index (χ0v) is 26.1. The van der Waals surface area contributed by atoms with Crippen LogP contribution in [0.15, 0.2) is 124 Å². The van der Waals surface area contributed by atoms with Crippen LogP contribution in [0, 0.1) is 5.41 Å². The number of fused-ring (bicyclic) bond motifs is 3. The Morgan fingerprint density at radius 3 is 1.84 bits per heavy atom. The SMILES string of the molecule is CC(C)(C)C1=CC[C]([Zr+2](=[C](c2ccccc2)c2ccccc2)[c]2cccc3c2Cc2ccccc2-3)=C1.[Cl-].[Cl-]. The molecule has 0 nitrogen and oxygen atoms in total. The van der Waals surface area contributed by atoms with Gasteiger partial charge in [-0.25, -0.2) is 0 Å². The molecular weight excluding hydrogens is 583 g/mol. The average Bonchev–Trinajstić information content (AvgIpc) is 3.54. The second kappa shape index (κ2) is 11.8. The molecule has 0 N–H and O–H groups in total. The molecule has 0 atom stereocenters. The van der Waals surface area contributed by atoms with Crippen LogP contribution in [0.2, 0.25) is 0 Å². The molecule has 2 aliphatic carbocycles. The van der Waals surface area contributed by atoms with Gasteiger partial charge in [0.1, 0.15) is 0 Å². The summed E-state index contributed by atoms with van der Waals surface area (Å²) in [5.41, 5.74) is 10.3. The van der Waals surface area contributed by atoms with Crippen LogP contribution in [0.4, 0.5) is 0 Å². The van der Waals surface area contributed by atoms with Gasteiger partial charge in [-0.2, -0.15) is 0 Å². The Morgan fingerprint density at radius 2 is 1.24 bits per heavy atom. The smallest absolute Gasteiger partial charge is 1.00 e. The van der Waals surface area contributed by atoms with E-state index in [-0.39, 0.29) is 30.2 Å². The molecule has 0 radical (unpaired) electrons. The van der Waals surface area contributed by atoms with Crippen molar-refractivity contribution in [2.75, 3.05) is 0 Å². The molecule has 0 spiro atoms. The first-order valence-electron chi connectivity index (χ1n) is 13.0. The minimum Gasteiger partial charge on any atom is -1.00 e. The van der Waals surface area contributed by atoms with E-state index in [0.29, 0.717) is 0 Å². The van der Waals surface area contributed by atoms with Gasteiger partial charge in [-0.05, 0) is 0 Å². The fourth-order valence-electron chi connectivity index (χ4n) is 5.75. The molecule has 0 aromatic heterocycles. The molecule has 3 heteroatoms. The summed E-state index contributed by atoms with van der Waals surface area (Å²) in [6.07, 6.45) is 7.22. The largest absolute Gasteiger partial charge is 1.00 e. The molecule has 6 rings (SSSR count). The predicted molar refractivity (Wildman–Crippen MR) is 151 cm³/mol. The summed E-state index contributed by atoms with van der Waals surface area (Å²) in [6.45, 7) is 7.03. The monoisotopic (exact) mass is 612 g/mol. The van der Waals surface area contributed by atoms with Crippen LogP contribution in [0.3, 0.4) is 0 Å². The van der Waals surface area contributed by atoms with Crippen molar-refractivity contribution in [3.8, 4) is 11.1 Å². The summed E-state index contributed by atoms with van der Waals surface area (Å²) in [5, 5.41) is 0. The summed E-state index contributed by atoms with van der Waals surface area (Å²) in [4.78, 5) is 0. The third kappa shape index (κ3) is 5.40. The molecule has 0 unspecified atom stereocenters. The summed E-state index contributed by atoms with van der Waals surface area (Å²) in [7, 11) is 0. The molecule has 2 aliphatic rings. The summed E-state index contributed by atoms with van der Waals surface area (Å²) < 4.78 is 4.93.